The Labute approximate surface area is 212 Å². The van der Waals surface area contributed by atoms with E-state index in [2.05, 4.69) is 6.58 Å². The van der Waals surface area contributed by atoms with Gasteiger partial charge < -0.3 is 18.6 Å². The van der Waals surface area contributed by atoms with Crippen LogP contribution in [0, 0.1) is 5.82 Å². The van der Waals surface area contributed by atoms with Gasteiger partial charge in [-0.3, -0.25) is 14.5 Å². The second kappa shape index (κ2) is 9.81. The highest BCUT2D eigenvalue weighted by atomic mass is 19.1. The summed E-state index contributed by atoms with van der Waals surface area (Å²) < 4.78 is 36.7. The topological polar surface area (TPSA) is 78.2 Å². The Morgan fingerprint density at radius 2 is 1.81 bits per heavy atom. The van der Waals surface area contributed by atoms with Crippen LogP contribution in [0.25, 0.3) is 11.0 Å². The number of hydrogen-bond acceptors (Lipinski definition) is 6. The first-order valence-corrected chi connectivity index (χ1v) is 11.7. The van der Waals surface area contributed by atoms with Gasteiger partial charge in [0, 0.05) is 5.69 Å². The number of rotatable bonds is 8. The highest BCUT2D eigenvalue weighted by Crippen LogP contribution is 2.43. The quantitative estimate of drug-likeness (QED) is 0.290. The molecule has 1 aliphatic rings. The number of methoxy groups -OCH3 is 1. The van der Waals surface area contributed by atoms with E-state index in [1.54, 1.807) is 48.5 Å². The van der Waals surface area contributed by atoms with Gasteiger partial charge in [-0.2, -0.15) is 0 Å². The number of benzene rings is 3. The van der Waals surface area contributed by atoms with E-state index in [0.29, 0.717) is 35.1 Å². The molecule has 0 radical (unpaired) electrons. The third-order valence-electron chi connectivity index (χ3n) is 6.12. The molecule has 1 amide bonds. The molecule has 0 spiro atoms. The number of anilines is 1. The van der Waals surface area contributed by atoms with Crippen LogP contribution in [0.4, 0.5) is 10.1 Å². The predicted octanol–water partition coefficient (Wildman–Crippen LogP) is 5.65. The summed E-state index contributed by atoms with van der Waals surface area (Å²) in [6, 6.07) is 15.0. The van der Waals surface area contributed by atoms with Gasteiger partial charge in [0.15, 0.2) is 16.9 Å². The minimum atomic E-state index is -0.855. The van der Waals surface area contributed by atoms with E-state index < -0.39 is 23.2 Å². The van der Waals surface area contributed by atoms with Crippen molar-refractivity contribution in [2.45, 2.75) is 13.0 Å². The average molecular weight is 502 g/mol. The average Bonchev–Trinajstić information content (AvgIpc) is 3.20. The third-order valence-corrected chi connectivity index (χ3v) is 6.12. The van der Waals surface area contributed by atoms with Crippen LogP contribution in [0.5, 0.6) is 17.2 Å². The zero-order valence-electron chi connectivity index (χ0n) is 20.3. The van der Waals surface area contributed by atoms with Crippen molar-refractivity contribution < 1.29 is 27.8 Å². The van der Waals surface area contributed by atoms with Crippen molar-refractivity contribution in [3.05, 3.63) is 106 Å². The molecule has 0 N–H and O–H groups in total. The predicted molar refractivity (Wildman–Crippen MR) is 137 cm³/mol. The van der Waals surface area contributed by atoms with Gasteiger partial charge in [0.1, 0.15) is 23.8 Å². The van der Waals surface area contributed by atoms with E-state index in [9.17, 15) is 14.0 Å². The number of fused-ring (bicyclic) bond motifs is 2. The molecule has 0 bridgehead atoms. The lowest BCUT2D eigenvalue weighted by Crippen LogP contribution is -2.29. The molecule has 8 heteroatoms. The van der Waals surface area contributed by atoms with Crippen molar-refractivity contribution >= 4 is 22.6 Å². The van der Waals surface area contributed by atoms with E-state index in [1.165, 1.54) is 24.1 Å². The lowest BCUT2D eigenvalue weighted by Gasteiger charge is -2.26. The molecule has 5 rings (SSSR count). The number of nitrogens with zero attached hydrogens (tertiary/aromatic N) is 1. The fourth-order valence-electron chi connectivity index (χ4n) is 4.52. The second-order valence-electron chi connectivity index (χ2n) is 8.33. The Balaban J connectivity index is 1.72. The first-order chi connectivity index (χ1) is 18.0. The van der Waals surface area contributed by atoms with Crippen molar-refractivity contribution in [2.75, 3.05) is 25.2 Å². The monoisotopic (exact) mass is 501 g/mol. The number of hydrogen-bond donors (Lipinski definition) is 0. The van der Waals surface area contributed by atoms with Crippen LogP contribution in [0.2, 0.25) is 0 Å². The summed E-state index contributed by atoms with van der Waals surface area (Å²) in [4.78, 5) is 28.9. The minimum Gasteiger partial charge on any atom is -0.494 e. The van der Waals surface area contributed by atoms with E-state index in [1.807, 2.05) is 6.92 Å². The van der Waals surface area contributed by atoms with E-state index in [4.69, 9.17) is 18.6 Å². The van der Waals surface area contributed by atoms with Gasteiger partial charge in [0.05, 0.1) is 30.7 Å². The maximum absolute atomic E-state index is 14.0. The van der Waals surface area contributed by atoms with Crippen LogP contribution in [-0.4, -0.2) is 26.2 Å². The van der Waals surface area contributed by atoms with Crippen molar-refractivity contribution in [1.82, 2.24) is 0 Å². The van der Waals surface area contributed by atoms with Crippen LogP contribution in [0.3, 0.4) is 0 Å². The lowest BCUT2D eigenvalue weighted by atomic mass is 9.97. The number of amides is 1. The van der Waals surface area contributed by atoms with Gasteiger partial charge in [-0.05, 0) is 67.1 Å². The first kappa shape index (κ1) is 24.1. The Morgan fingerprint density at radius 1 is 1.03 bits per heavy atom. The molecular formula is C29H24FNO6. The van der Waals surface area contributed by atoms with Gasteiger partial charge in [-0.15, -0.1) is 0 Å². The van der Waals surface area contributed by atoms with E-state index >= 15 is 0 Å². The Hall–Kier alpha value is -4.59. The van der Waals surface area contributed by atoms with Crippen molar-refractivity contribution in [1.29, 1.82) is 0 Å². The van der Waals surface area contributed by atoms with Crippen LogP contribution in [0.15, 0.2) is 82.5 Å². The zero-order valence-corrected chi connectivity index (χ0v) is 20.3. The summed E-state index contributed by atoms with van der Waals surface area (Å²) in [5.74, 6) is 0.397. The summed E-state index contributed by atoms with van der Waals surface area (Å²) in [5, 5.41) is 0.0583. The molecular weight excluding hydrogens is 477 g/mol. The number of ether oxygens (including phenoxy) is 3. The van der Waals surface area contributed by atoms with Crippen LogP contribution < -0.4 is 24.5 Å². The molecule has 1 aliphatic heterocycles. The molecule has 1 atom stereocenters. The second-order valence-corrected chi connectivity index (χ2v) is 8.33. The number of halogens is 1. The molecule has 7 nitrogen and oxygen atoms in total. The fourth-order valence-corrected chi connectivity index (χ4v) is 4.52. The molecule has 0 aliphatic carbocycles. The van der Waals surface area contributed by atoms with Crippen molar-refractivity contribution in [3.8, 4) is 17.2 Å². The van der Waals surface area contributed by atoms with E-state index in [0.717, 1.165) is 6.07 Å². The smallest absolute Gasteiger partial charge is 0.295 e. The molecule has 37 heavy (non-hydrogen) atoms. The van der Waals surface area contributed by atoms with Crippen molar-refractivity contribution in [3.63, 3.8) is 0 Å². The van der Waals surface area contributed by atoms with Gasteiger partial charge in [-0.1, -0.05) is 18.7 Å². The maximum Gasteiger partial charge on any atom is 0.295 e. The van der Waals surface area contributed by atoms with Crippen LogP contribution in [0.1, 0.15) is 34.6 Å². The fraction of sp³-hybridized carbons (Fsp3) is 0.172. The van der Waals surface area contributed by atoms with Gasteiger partial charge in [0.25, 0.3) is 5.91 Å². The molecule has 3 aromatic carbocycles. The summed E-state index contributed by atoms with van der Waals surface area (Å²) >= 11 is 0. The van der Waals surface area contributed by atoms with Crippen LogP contribution >= 0.6 is 0 Å². The molecule has 0 saturated carbocycles. The lowest BCUT2D eigenvalue weighted by molar-refractivity contribution is 0.0971. The highest BCUT2D eigenvalue weighted by Gasteiger charge is 2.44. The molecule has 2 heterocycles. The highest BCUT2D eigenvalue weighted by molar-refractivity contribution is 6.10. The maximum atomic E-state index is 14.0. The third kappa shape index (κ3) is 4.20. The number of carbonyl (C=O) groups excluding carboxylic acids is 1. The summed E-state index contributed by atoms with van der Waals surface area (Å²) in [5.41, 5.74) is 0.904. The normalized spacial score (nSPS) is 14.5. The minimum absolute atomic E-state index is 0.0583. The largest absolute Gasteiger partial charge is 0.494 e. The number of carbonyl (C=O) groups is 1. The molecule has 4 aromatic rings. The molecule has 188 valence electrons. The Morgan fingerprint density at radius 3 is 2.51 bits per heavy atom. The van der Waals surface area contributed by atoms with E-state index in [-0.39, 0.29) is 28.9 Å². The standard InChI is InChI=1S/C29H24FNO6/c1-4-14-36-23-12-6-17(15-24(23)34-3)26-25-27(32)21-16-18(30)7-13-22(21)37-28(25)29(33)31(26)19-8-10-20(11-9-19)35-5-2/h4,6-13,15-16,26H,1,5,14H2,2-3H3. The molecule has 1 aromatic heterocycles. The van der Waals surface area contributed by atoms with Crippen molar-refractivity contribution in [2.24, 2.45) is 0 Å². The molecule has 0 fully saturated rings. The van der Waals surface area contributed by atoms with Crippen LogP contribution in [-0.2, 0) is 0 Å². The zero-order chi connectivity index (χ0) is 26.1. The van der Waals surface area contributed by atoms with Gasteiger partial charge in [0.2, 0.25) is 5.76 Å². The Bertz CT molecular complexity index is 1560. The first-order valence-electron chi connectivity index (χ1n) is 11.7. The van der Waals surface area contributed by atoms with Gasteiger partial charge in [-0.25, -0.2) is 4.39 Å². The molecule has 1 unspecified atom stereocenters. The Kier molecular flexibility index (Phi) is 6.40. The SMILES string of the molecule is C=CCOc1ccc(C2c3c(oc4ccc(F)cc4c3=O)C(=O)N2c2ccc(OCC)cc2)cc1OC. The molecule has 0 saturated heterocycles. The summed E-state index contributed by atoms with van der Waals surface area (Å²) in [6.07, 6.45) is 1.61. The summed E-state index contributed by atoms with van der Waals surface area (Å²) in [7, 11) is 1.50. The summed E-state index contributed by atoms with van der Waals surface area (Å²) in [6.45, 7) is 6.31. The van der Waals surface area contributed by atoms with Gasteiger partial charge >= 0.3 is 0 Å².